The van der Waals surface area contributed by atoms with Crippen LogP contribution in [0.15, 0.2) is 9.95 Å². The van der Waals surface area contributed by atoms with Crippen LogP contribution in [0.5, 0.6) is 5.88 Å². The van der Waals surface area contributed by atoms with Gasteiger partial charge in [-0.25, -0.2) is 0 Å². The van der Waals surface area contributed by atoms with Crippen LogP contribution in [0.4, 0.5) is 5.69 Å². The predicted molar refractivity (Wildman–Crippen MR) is 82.0 cm³/mol. The molecule has 8 nitrogen and oxygen atoms in total. The Bertz CT molecular complexity index is 625. The summed E-state index contributed by atoms with van der Waals surface area (Å²) in [5.41, 5.74) is -0.949. The molecule has 0 aliphatic carbocycles. The number of amides is 2. The number of piperidine rings is 1. The van der Waals surface area contributed by atoms with Crippen LogP contribution in [-0.4, -0.2) is 50.6 Å². The lowest BCUT2D eigenvalue weighted by Gasteiger charge is -2.26. The summed E-state index contributed by atoms with van der Waals surface area (Å²) >= 11 is 1.05. The van der Waals surface area contributed by atoms with E-state index in [0.717, 1.165) is 44.1 Å². The van der Waals surface area contributed by atoms with Crippen molar-refractivity contribution >= 4 is 29.3 Å². The van der Waals surface area contributed by atoms with Gasteiger partial charge in [0.2, 0.25) is 17.7 Å². The SMILES string of the molecule is CC(=O)Nc1c(O)nc(SCC(=O)N2CCCCC2)[nH]c1=O. The van der Waals surface area contributed by atoms with E-state index in [1.165, 1.54) is 6.92 Å². The van der Waals surface area contributed by atoms with Crippen molar-refractivity contribution < 1.29 is 14.7 Å². The molecule has 2 heterocycles. The smallest absolute Gasteiger partial charge is 0.279 e. The van der Waals surface area contributed by atoms with Crippen LogP contribution in [0.25, 0.3) is 0 Å². The number of aromatic amines is 1. The summed E-state index contributed by atoms with van der Waals surface area (Å²) in [6.07, 6.45) is 3.17. The monoisotopic (exact) mass is 326 g/mol. The average molecular weight is 326 g/mol. The van der Waals surface area contributed by atoms with E-state index in [4.69, 9.17) is 0 Å². The number of anilines is 1. The third-order valence-corrected chi connectivity index (χ3v) is 4.08. The standard InChI is InChI=1S/C13H18N4O4S/c1-8(18)14-10-11(20)15-13(16-12(10)21)22-7-9(19)17-5-3-2-4-6-17/h2-7H2,1H3,(H,14,18)(H2,15,16,20,21). The maximum atomic E-state index is 12.0. The third kappa shape index (κ3) is 4.23. The van der Waals surface area contributed by atoms with Crippen molar-refractivity contribution in [2.75, 3.05) is 24.2 Å². The normalized spacial score (nSPS) is 14.7. The molecule has 1 aromatic heterocycles. The fourth-order valence-corrected chi connectivity index (χ4v) is 2.92. The number of H-pyrrole nitrogens is 1. The lowest BCUT2D eigenvalue weighted by atomic mass is 10.1. The quantitative estimate of drug-likeness (QED) is 0.549. The first kappa shape index (κ1) is 16.3. The van der Waals surface area contributed by atoms with Crippen molar-refractivity contribution in [3.8, 4) is 5.88 Å². The van der Waals surface area contributed by atoms with Gasteiger partial charge >= 0.3 is 0 Å². The maximum absolute atomic E-state index is 12.0. The largest absolute Gasteiger partial charge is 0.492 e. The molecule has 1 aliphatic rings. The highest BCUT2D eigenvalue weighted by Gasteiger charge is 2.18. The molecular formula is C13H18N4O4S. The highest BCUT2D eigenvalue weighted by Crippen LogP contribution is 2.20. The Hall–Kier alpha value is -2.03. The molecule has 0 aromatic carbocycles. The van der Waals surface area contributed by atoms with Crippen molar-refractivity contribution in [3.05, 3.63) is 10.4 Å². The predicted octanol–water partition coefficient (Wildman–Crippen LogP) is 0.538. The molecule has 0 radical (unpaired) electrons. The van der Waals surface area contributed by atoms with Crippen molar-refractivity contribution in [1.82, 2.24) is 14.9 Å². The highest BCUT2D eigenvalue weighted by atomic mass is 32.2. The zero-order valence-corrected chi connectivity index (χ0v) is 13.0. The number of aromatic hydroxyl groups is 1. The highest BCUT2D eigenvalue weighted by molar-refractivity contribution is 7.99. The van der Waals surface area contributed by atoms with Crippen LogP contribution < -0.4 is 10.9 Å². The number of nitrogens with zero attached hydrogens (tertiary/aromatic N) is 2. The minimum atomic E-state index is -0.657. The molecule has 22 heavy (non-hydrogen) atoms. The molecule has 1 saturated heterocycles. The van der Waals surface area contributed by atoms with Gasteiger partial charge in [-0.15, -0.1) is 0 Å². The fraction of sp³-hybridized carbons (Fsp3) is 0.538. The summed E-state index contributed by atoms with van der Waals surface area (Å²) in [6, 6.07) is 0. The van der Waals surface area contributed by atoms with Gasteiger partial charge in [0.05, 0.1) is 5.75 Å². The first-order valence-electron chi connectivity index (χ1n) is 6.99. The molecule has 1 aliphatic heterocycles. The van der Waals surface area contributed by atoms with Crippen molar-refractivity contribution in [2.45, 2.75) is 31.3 Å². The van der Waals surface area contributed by atoms with Crippen LogP contribution in [0.2, 0.25) is 0 Å². The Morgan fingerprint density at radius 3 is 2.64 bits per heavy atom. The summed E-state index contributed by atoms with van der Waals surface area (Å²) < 4.78 is 0. The van der Waals surface area contributed by atoms with Crippen LogP contribution >= 0.6 is 11.8 Å². The minimum absolute atomic E-state index is 0.0159. The van der Waals surface area contributed by atoms with E-state index in [-0.39, 0.29) is 22.5 Å². The van der Waals surface area contributed by atoms with Gasteiger partial charge in [-0.3, -0.25) is 19.4 Å². The third-order valence-electron chi connectivity index (χ3n) is 3.22. The van der Waals surface area contributed by atoms with Crippen LogP contribution in [0.3, 0.4) is 0 Å². The molecule has 1 fully saturated rings. The molecule has 0 bridgehead atoms. The molecule has 2 amide bonds. The number of carbonyl (C=O) groups excluding carboxylic acids is 2. The van der Waals surface area contributed by atoms with E-state index in [1.54, 1.807) is 4.90 Å². The molecule has 9 heteroatoms. The van der Waals surface area contributed by atoms with Gasteiger partial charge in [0.15, 0.2) is 10.8 Å². The number of aromatic nitrogens is 2. The van der Waals surface area contributed by atoms with Gasteiger partial charge in [-0.05, 0) is 19.3 Å². The zero-order valence-electron chi connectivity index (χ0n) is 12.2. The van der Waals surface area contributed by atoms with Crippen molar-refractivity contribution in [2.24, 2.45) is 0 Å². The topological polar surface area (TPSA) is 115 Å². The average Bonchev–Trinajstić information content (AvgIpc) is 2.49. The molecule has 0 unspecified atom stereocenters. The Morgan fingerprint density at radius 1 is 1.36 bits per heavy atom. The maximum Gasteiger partial charge on any atom is 0.279 e. The van der Waals surface area contributed by atoms with E-state index in [1.807, 2.05) is 0 Å². The number of thioether (sulfide) groups is 1. The second-order valence-electron chi connectivity index (χ2n) is 4.98. The van der Waals surface area contributed by atoms with Gasteiger partial charge in [0.25, 0.3) is 5.56 Å². The molecule has 120 valence electrons. The first-order chi connectivity index (χ1) is 10.5. The van der Waals surface area contributed by atoms with E-state index in [9.17, 15) is 19.5 Å². The summed E-state index contributed by atoms with van der Waals surface area (Å²) in [5.74, 6) is -0.921. The van der Waals surface area contributed by atoms with E-state index < -0.39 is 17.3 Å². The number of likely N-dealkylation sites (tertiary alicyclic amines) is 1. The lowest BCUT2D eigenvalue weighted by Crippen LogP contribution is -2.36. The number of hydrogen-bond acceptors (Lipinski definition) is 6. The summed E-state index contributed by atoms with van der Waals surface area (Å²) in [5, 5.41) is 12.0. The number of carbonyl (C=O) groups is 2. The Labute approximate surface area is 131 Å². The van der Waals surface area contributed by atoms with Crippen LogP contribution in [0.1, 0.15) is 26.2 Å². The van der Waals surface area contributed by atoms with Gasteiger partial charge in [0.1, 0.15) is 0 Å². The van der Waals surface area contributed by atoms with Gasteiger partial charge in [0, 0.05) is 20.0 Å². The van der Waals surface area contributed by atoms with Gasteiger partial charge in [-0.1, -0.05) is 11.8 Å². The van der Waals surface area contributed by atoms with Gasteiger partial charge in [-0.2, -0.15) is 4.98 Å². The van der Waals surface area contributed by atoms with Crippen LogP contribution in [-0.2, 0) is 9.59 Å². The molecule has 1 aromatic rings. The fourth-order valence-electron chi connectivity index (χ4n) is 2.16. The minimum Gasteiger partial charge on any atom is -0.492 e. The second kappa shape index (κ2) is 7.30. The van der Waals surface area contributed by atoms with E-state index >= 15 is 0 Å². The second-order valence-corrected chi connectivity index (χ2v) is 5.95. The Balaban J connectivity index is 1.99. The van der Waals surface area contributed by atoms with Gasteiger partial charge < -0.3 is 15.3 Å². The zero-order chi connectivity index (χ0) is 16.1. The van der Waals surface area contributed by atoms with Crippen LogP contribution in [0, 0.1) is 0 Å². The summed E-state index contributed by atoms with van der Waals surface area (Å²) in [6.45, 7) is 2.74. The number of hydrogen-bond donors (Lipinski definition) is 3. The number of rotatable bonds is 4. The molecule has 0 atom stereocenters. The van der Waals surface area contributed by atoms with Crippen molar-refractivity contribution in [3.63, 3.8) is 0 Å². The molecule has 2 rings (SSSR count). The molecule has 0 saturated carbocycles. The molecular weight excluding hydrogens is 308 g/mol. The van der Waals surface area contributed by atoms with E-state index in [0.29, 0.717) is 0 Å². The summed E-state index contributed by atoms with van der Waals surface area (Å²) in [4.78, 5) is 42.7. The first-order valence-corrected chi connectivity index (χ1v) is 7.97. The molecule has 0 spiro atoms. The Morgan fingerprint density at radius 2 is 2.05 bits per heavy atom. The Kier molecular flexibility index (Phi) is 5.42. The lowest BCUT2D eigenvalue weighted by molar-refractivity contribution is -0.129. The summed E-state index contributed by atoms with van der Waals surface area (Å²) in [7, 11) is 0. The van der Waals surface area contributed by atoms with E-state index in [2.05, 4.69) is 15.3 Å². The number of nitrogens with one attached hydrogen (secondary N) is 2. The molecule has 3 N–H and O–H groups in total. The van der Waals surface area contributed by atoms with Crippen molar-refractivity contribution in [1.29, 1.82) is 0 Å².